The molecule has 1 amide bonds. The molecule has 17 heavy (non-hydrogen) atoms. The summed E-state index contributed by atoms with van der Waals surface area (Å²) in [5.74, 6) is -0.00832. The van der Waals surface area contributed by atoms with E-state index in [-0.39, 0.29) is 5.91 Å². The van der Waals surface area contributed by atoms with Crippen molar-refractivity contribution in [1.82, 2.24) is 4.90 Å². The summed E-state index contributed by atoms with van der Waals surface area (Å²) in [6.07, 6.45) is 2.09. The van der Waals surface area contributed by atoms with Crippen molar-refractivity contribution in [2.24, 2.45) is 0 Å². The van der Waals surface area contributed by atoms with Gasteiger partial charge < -0.3 is 10.2 Å². The third-order valence-electron chi connectivity index (χ3n) is 3.38. The molecule has 3 rings (SSSR count). The quantitative estimate of drug-likeness (QED) is 0.716. The zero-order valence-corrected chi connectivity index (χ0v) is 10.3. The van der Waals surface area contributed by atoms with E-state index in [9.17, 15) is 4.79 Å². The van der Waals surface area contributed by atoms with Gasteiger partial charge in [0.05, 0.1) is 11.3 Å². The van der Waals surface area contributed by atoms with Gasteiger partial charge in [-0.15, -0.1) is 0 Å². The zero-order valence-electron chi connectivity index (χ0n) is 9.59. The molecule has 0 atom stereocenters. The average Bonchev–Trinajstić information content (AvgIpc) is 2.80. The maximum Gasteiger partial charge on any atom is 0.258 e. The van der Waals surface area contributed by atoms with Gasteiger partial charge in [0.2, 0.25) is 0 Å². The highest BCUT2D eigenvalue weighted by Crippen LogP contribution is 2.38. The molecule has 1 N–H and O–H groups in total. The van der Waals surface area contributed by atoms with Crippen molar-refractivity contribution in [3.63, 3.8) is 0 Å². The molecule has 0 aromatic heterocycles. The summed E-state index contributed by atoms with van der Waals surface area (Å²) in [5, 5.41) is 3.53. The van der Waals surface area contributed by atoms with Gasteiger partial charge in [0.15, 0.2) is 0 Å². The third kappa shape index (κ3) is 1.62. The van der Waals surface area contributed by atoms with E-state index < -0.39 is 0 Å². The summed E-state index contributed by atoms with van der Waals surface area (Å²) < 4.78 is 0. The van der Waals surface area contributed by atoms with Crippen LogP contribution >= 0.6 is 11.6 Å². The van der Waals surface area contributed by atoms with Gasteiger partial charge in [0, 0.05) is 29.9 Å². The Morgan fingerprint density at radius 2 is 2.24 bits per heavy atom. The van der Waals surface area contributed by atoms with Crippen molar-refractivity contribution >= 4 is 28.8 Å². The van der Waals surface area contributed by atoms with Gasteiger partial charge in [-0.1, -0.05) is 17.7 Å². The van der Waals surface area contributed by atoms with E-state index in [0.717, 1.165) is 41.9 Å². The molecule has 1 fully saturated rings. The van der Waals surface area contributed by atoms with E-state index in [2.05, 4.69) is 10.2 Å². The van der Waals surface area contributed by atoms with E-state index in [1.807, 2.05) is 19.2 Å². The first-order chi connectivity index (χ1) is 8.16. The summed E-state index contributed by atoms with van der Waals surface area (Å²) in [6.45, 7) is 1.02. The number of nitrogens with zero attached hydrogens (tertiary/aromatic N) is 1. The van der Waals surface area contributed by atoms with Crippen LogP contribution in [0.25, 0.3) is 5.57 Å². The molecule has 0 unspecified atom stereocenters. The minimum atomic E-state index is -0.00832. The van der Waals surface area contributed by atoms with Crippen molar-refractivity contribution in [3.8, 4) is 0 Å². The SMILES string of the molecule is CN1CCC/C1=C1\C(=O)Nc2cc(Cl)ccc21. The fourth-order valence-corrected chi connectivity index (χ4v) is 2.73. The fraction of sp³-hybridized carbons (Fsp3) is 0.308. The molecule has 0 radical (unpaired) electrons. The van der Waals surface area contributed by atoms with E-state index in [1.165, 1.54) is 0 Å². The lowest BCUT2D eigenvalue weighted by Gasteiger charge is -2.14. The Labute approximate surface area is 105 Å². The number of nitrogens with one attached hydrogen (secondary N) is 1. The number of carbonyl (C=O) groups is 1. The number of rotatable bonds is 0. The fourth-order valence-electron chi connectivity index (χ4n) is 2.56. The monoisotopic (exact) mass is 248 g/mol. The number of hydrogen-bond donors (Lipinski definition) is 1. The van der Waals surface area contributed by atoms with Crippen LogP contribution in [0.3, 0.4) is 0 Å². The number of benzene rings is 1. The Morgan fingerprint density at radius 3 is 2.94 bits per heavy atom. The van der Waals surface area contributed by atoms with Crippen LogP contribution < -0.4 is 5.32 Å². The lowest BCUT2D eigenvalue weighted by molar-refractivity contribution is -0.110. The van der Waals surface area contributed by atoms with Gasteiger partial charge in [0.1, 0.15) is 0 Å². The number of halogens is 1. The first-order valence-electron chi connectivity index (χ1n) is 5.72. The molecule has 2 aliphatic heterocycles. The molecule has 1 aromatic carbocycles. The molecule has 0 saturated carbocycles. The van der Waals surface area contributed by atoms with Crippen LogP contribution in [0.2, 0.25) is 5.02 Å². The molecular weight excluding hydrogens is 236 g/mol. The Bertz CT molecular complexity index is 536. The molecule has 1 saturated heterocycles. The maximum absolute atomic E-state index is 12.0. The molecule has 88 valence electrons. The van der Waals surface area contributed by atoms with Crippen LogP contribution in [0.4, 0.5) is 5.69 Å². The summed E-state index contributed by atoms with van der Waals surface area (Å²) >= 11 is 5.93. The van der Waals surface area contributed by atoms with Gasteiger partial charge in [-0.05, 0) is 25.0 Å². The highest BCUT2D eigenvalue weighted by Gasteiger charge is 2.30. The second-order valence-corrected chi connectivity index (χ2v) is 4.93. The molecule has 4 heteroatoms. The average molecular weight is 249 g/mol. The highest BCUT2D eigenvalue weighted by atomic mass is 35.5. The molecule has 0 spiro atoms. The molecule has 1 aromatic rings. The van der Waals surface area contributed by atoms with Crippen LogP contribution in [0.15, 0.2) is 23.9 Å². The molecule has 0 bridgehead atoms. The van der Waals surface area contributed by atoms with Crippen LogP contribution in [0, 0.1) is 0 Å². The van der Waals surface area contributed by atoms with Crippen LogP contribution in [-0.4, -0.2) is 24.4 Å². The van der Waals surface area contributed by atoms with Gasteiger partial charge in [0.25, 0.3) is 5.91 Å². The Hall–Kier alpha value is -1.48. The minimum Gasteiger partial charge on any atom is -0.377 e. The van der Waals surface area contributed by atoms with Gasteiger partial charge in [-0.25, -0.2) is 0 Å². The van der Waals surface area contributed by atoms with E-state index in [1.54, 1.807) is 6.07 Å². The summed E-state index contributed by atoms with van der Waals surface area (Å²) in [5.41, 5.74) is 3.76. The predicted molar refractivity (Wildman–Crippen MR) is 68.9 cm³/mol. The first-order valence-corrected chi connectivity index (χ1v) is 6.10. The van der Waals surface area contributed by atoms with Crippen molar-refractivity contribution < 1.29 is 4.79 Å². The number of likely N-dealkylation sites (tertiary alicyclic amines) is 1. The number of fused-ring (bicyclic) bond motifs is 1. The maximum atomic E-state index is 12.0. The van der Waals surface area contributed by atoms with Crippen LogP contribution in [0.1, 0.15) is 18.4 Å². The minimum absolute atomic E-state index is 0.00832. The molecule has 0 aliphatic carbocycles. The van der Waals surface area contributed by atoms with Crippen LogP contribution in [0.5, 0.6) is 0 Å². The molecule has 3 nitrogen and oxygen atoms in total. The normalized spacial score (nSPS) is 22.9. The highest BCUT2D eigenvalue weighted by molar-refractivity contribution is 6.34. The zero-order chi connectivity index (χ0) is 12.0. The second-order valence-electron chi connectivity index (χ2n) is 4.49. The summed E-state index contributed by atoms with van der Waals surface area (Å²) in [7, 11) is 2.04. The smallest absolute Gasteiger partial charge is 0.258 e. The van der Waals surface area contributed by atoms with E-state index >= 15 is 0 Å². The van der Waals surface area contributed by atoms with Crippen molar-refractivity contribution in [2.45, 2.75) is 12.8 Å². The topological polar surface area (TPSA) is 32.3 Å². The first kappa shape index (κ1) is 10.7. The molecule has 2 heterocycles. The Morgan fingerprint density at radius 1 is 1.41 bits per heavy atom. The summed E-state index contributed by atoms with van der Waals surface area (Å²) in [6, 6.07) is 5.55. The van der Waals surface area contributed by atoms with Gasteiger partial charge in [-0.2, -0.15) is 0 Å². The second kappa shape index (κ2) is 3.77. The van der Waals surface area contributed by atoms with E-state index in [0.29, 0.717) is 5.02 Å². The Balaban J connectivity index is 2.17. The van der Waals surface area contributed by atoms with Crippen LogP contribution in [-0.2, 0) is 4.79 Å². The van der Waals surface area contributed by atoms with Crippen molar-refractivity contribution in [1.29, 1.82) is 0 Å². The molecule has 2 aliphatic rings. The largest absolute Gasteiger partial charge is 0.377 e. The predicted octanol–water partition coefficient (Wildman–Crippen LogP) is 2.73. The van der Waals surface area contributed by atoms with Crippen molar-refractivity contribution in [3.05, 3.63) is 34.5 Å². The lowest BCUT2D eigenvalue weighted by Crippen LogP contribution is -2.15. The van der Waals surface area contributed by atoms with Gasteiger partial charge >= 0.3 is 0 Å². The number of allylic oxidation sites excluding steroid dienone is 1. The van der Waals surface area contributed by atoms with E-state index in [4.69, 9.17) is 11.6 Å². The Kier molecular flexibility index (Phi) is 2.37. The number of amides is 1. The number of hydrogen-bond acceptors (Lipinski definition) is 2. The third-order valence-corrected chi connectivity index (χ3v) is 3.62. The number of carbonyl (C=O) groups excluding carboxylic acids is 1. The number of anilines is 1. The lowest BCUT2D eigenvalue weighted by atomic mass is 10.0. The van der Waals surface area contributed by atoms with Gasteiger partial charge in [-0.3, -0.25) is 4.79 Å². The molecular formula is C13H13ClN2O. The standard InChI is InChI=1S/C13H13ClN2O/c1-16-6-2-3-11(16)12-9-5-4-8(14)7-10(9)15-13(12)17/h4-5,7H,2-3,6H2,1H3,(H,15,17)/b12-11+. The summed E-state index contributed by atoms with van der Waals surface area (Å²) in [4.78, 5) is 14.2. The van der Waals surface area contributed by atoms with Crippen molar-refractivity contribution in [2.75, 3.05) is 18.9 Å².